The van der Waals surface area contributed by atoms with Gasteiger partial charge < -0.3 is 11.1 Å². The average molecular weight is 458 g/mol. The van der Waals surface area contributed by atoms with Gasteiger partial charge in [0, 0.05) is 36.8 Å². The number of hydrogen-bond donors (Lipinski definition) is 3. The quantitative estimate of drug-likeness (QED) is 0.417. The van der Waals surface area contributed by atoms with Gasteiger partial charge in [0.1, 0.15) is 5.82 Å². The van der Waals surface area contributed by atoms with E-state index >= 15 is 0 Å². The molecule has 0 saturated heterocycles. The number of aliphatic imine (C=N–C) groups is 1. The second-order valence-electron chi connectivity index (χ2n) is 6.47. The van der Waals surface area contributed by atoms with Crippen molar-refractivity contribution in [3.05, 3.63) is 59.4 Å². The zero-order valence-electron chi connectivity index (χ0n) is 16.8. The molecule has 0 amide bonds. The van der Waals surface area contributed by atoms with Crippen molar-refractivity contribution in [1.29, 1.82) is 0 Å². The molecular weight excluding hydrogens is 436 g/mol. The van der Waals surface area contributed by atoms with E-state index in [4.69, 9.17) is 5.73 Å². The summed E-state index contributed by atoms with van der Waals surface area (Å²) in [5.74, 6) is -1.23. The van der Waals surface area contributed by atoms with Crippen molar-refractivity contribution in [3.63, 3.8) is 0 Å². The molecule has 168 valence electrons. The summed E-state index contributed by atoms with van der Waals surface area (Å²) < 4.78 is 78.4. The summed E-state index contributed by atoms with van der Waals surface area (Å²) in [5.41, 5.74) is 6.40. The van der Waals surface area contributed by atoms with E-state index in [-0.39, 0.29) is 23.6 Å². The minimum Gasteiger partial charge on any atom is -0.398 e. The highest BCUT2D eigenvalue weighted by Crippen LogP contribution is 2.34. The van der Waals surface area contributed by atoms with Crippen molar-refractivity contribution in [2.75, 3.05) is 31.7 Å². The van der Waals surface area contributed by atoms with Crippen LogP contribution >= 0.6 is 0 Å². The Kier molecular flexibility index (Phi) is 7.80. The van der Waals surface area contributed by atoms with Crippen LogP contribution in [0.2, 0.25) is 0 Å². The molecule has 0 bridgehead atoms. The number of nitrogens with one attached hydrogen (secondary N) is 2. The predicted octanol–water partition coefficient (Wildman–Crippen LogP) is 3.47. The zero-order valence-corrected chi connectivity index (χ0v) is 17.6. The lowest BCUT2D eigenvalue weighted by Crippen LogP contribution is -2.26. The van der Waals surface area contributed by atoms with Crippen LogP contribution in [0.1, 0.15) is 11.1 Å². The van der Waals surface area contributed by atoms with Crippen LogP contribution < -0.4 is 15.8 Å². The molecular formula is C20H22F4N4O2S. The highest BCUT2D eigenvalue weighted by Gasteiger charge is 2.31. The van der Waals surface area contributed by atoms with Gasteiger partial charge in [-0.15, -0.1) is 0 Å². The van der Waals surface area contributed by atoms with Crippen LogP contribution in [-0.4, -0.2) is 41.0 Å². The fourth-order valence-electron chi connectivity index (χ4n) is 2.70. The number of nitrogens with zero attached hydrogens (tertiary/aromatic N) is 1. The van der Waals surface area contributed by atoms with Crippen molar-refractivity contribution in [2.24, 2.45) is 10.7 Å². The zero-order chi connectivity index (χ0) is 23.2. The Hall–Kier alpha value is -2.92. The largest absolute Gasteiger partial charge is 0.416 e. The Bertz CT molecular complexity index is 1100. The maximum Gasteiger partial charge on any atom is 0.416 e. The van der Waals surface area contributed by atoms with Gasteiger partial charge in [-0.2, -0.15) is 13.2 Å². The van der Waals surface area contributed by atoms with Gasteiger partial charge in [0.05, 0.1) is 11.3 Å². The molecule has 0 aliphatic carbocycles. The summed E-state index contributed by atoms with van der Waals surface area (Å²) in [6.45, 7) is 0.0584. The van der Waals surface area contributed by atoms with E-state index in [0.717, 1.165) is 12.1 Å². The third-order valence-electron chi connectivity index (χ3n) is 4.29. The Labute approximate surface area is 177 Å². The lowest BCUT2D eigenvalue weighted by Gasteiger charge is -2.15. The van der Waals surface area contributed by atoms with Crippen LogP contribution in [-0.2, 0) is 16.2 Å². The summed E-state index contributed by atoms with van der Waals surface area (Å²) in [5, 5.41) is 2.95. The molecule has 4 N–H and O–H groups in total. The molecule has 0 unspecified atom stereocenters. The van der Waals surface area contributed by atoms with Gasteiger partial charge in [-0.1, -0.05) is 6.07 Å². The molecule has 2 rings (SSSR count). The van der Waals surface area contributed by atoms with Gasteiger partial charge in [-0.3, -0.25) is 4.99 Å². The summed E-state index contributed by atoms with van der Waals surface area (Å²) in [6, 6.07) is 6.80. The molecule has 0 heterocycles. The Morgan fingerprint density at radius 2 is 1.87 bits per heavy atom. The lowest BCUT2D eigenvalue weighted by atomic mass is 9.98. The van der Waals surface area contributed by atoms with Crippen LogP contribution in [0, 0.1) is 5.82 Å². The molecule has 0 spiro atoms. The van der Waals surface area contributed by atoms with E-state index in [2.05, 4.69) is 15.0 Å². The number of halogens is 4. The molecule has 31 heavy (non-hydrogen) atoms. The topological polar surface area (TPSA) is 96.6 Å². The van der Waals surface area contributed by atoms with Gasteiger partial charge in [0.15, 0.2) is 0 Å². The van der Waals surface area contributed by atoms with E-state index in [9.17, 15) is 26.0 Å². The maximum absolute atomic E-state index is 13.8. The standard InChI is InChI=1S/C20H22F4N4O2S/c1-26-6-5-18(25)17-11-13(3-4-19(17)28-7-8-31(29,30)27-2)14-9-15(20(22,23)24)12-16(21)10-14/h3-6,9-12,27-28H,7-8,25H2,1-2H3/b18-5-,26-6?. The molecule has 2 aromatic carbocycles. The van der Waals surface area contributed by atoms with E-state index in [1.54, 1.807) is 6.07 Å². The van der Waals surface area contributed by atoms with Crippen molar-refractivity contribution >= 4 is 27.6 Å². The van der Waals surface area contributed by atoms with Gasteiger partial charge in [0.2, 0.25) is 10.0 Å². The number of nitrogens with two attached hydrogens (primary N) is 1. The average Bonchev–Trinajstić information content (AvgIpc) is 2.71. The minimum atomic E-state index is -4.70. The van der Waals surface area contributed by atoms with Crippen molar-refractivity contribution in [3.8, 4) is 11.1 Å². The van der Waals surface area contributed by atoms with Gasteiger partial charge in [0.25, 0.3) is 0 Å². The molecule has 0 radical (unpaired) electrons. The first-order chi connectivity index (χ1) is 14.5. The second kappa shape index (κ2) is 9.92. The monoisotopic (exact) mass is 458 g/mol. The number of allylic oxidation sites excluding steroid dienone is 1. The number of benzene rings is 2. The van der Waals surface area contributed by atoms with Crippen LogP contribution in [0.3, 0.4) is 0 Å². The lowest BCUT2D eigenvalue weighted by molar-refractivity contribution is -0.137. The number of hydrogen-bond acceptors (Lipinski definition) is 5. The number of rotatable bonds is 8. The van der Waals surface area contributed by atoms with E-state index < -0.39 is 27.6 Å². The molecule has 11 heteroatoms. The van der Waals surface area contributed by atoms with Gasteiger partial charge in [-0.25, -0.2) is 17.5 Å². The second-order valence-corrected chi connectivity index (χ2v) is 8.51. The van der Waals surface area contributed by atoms with Crippen LogP contribution in [0.4, 0.5) is 23.2 Å². The minimum absolute atomic E-state index is 0.0230. The Morgan fingerprint density at radius 1 is 1.16 bits per heavy atom. The SMILES string of the molecule is CN=C/C=C(\N)c1cc(-c2cc(F)cc(C(F)(F)F)c2)ccc1NCCS(=O)(=O)NC. The first kappa shape index (κ1) is 24.4. The van der Waals surface area contributed by atoms with Crippen molar-refractivity contribution < 1.29 is 26.0 Å². The summed E-state index contributed by atoms with van der Waals surface area (Å²) in [7, 11) is -0.604. The molecule has 6 nitrogen and oxygen atoms in total. The molecule has 0 aliphatic heterocycles. The van der Waals surface area contributed by atoms with Gasteiger partial charge >= 0.3 is 6.18 Å². The molecule has 0 atom stereocenters. The summed E-state index contributed by atoms with van der Waals surface area (Å²) in [4.78, 5) is 3.80. The predicted molar refractivity (Wildman–Crippen MR) is 115 cm³/mol. The van der Waals surface area contributed by atoms with Crippen molar-refractivity contribution in [1.82, 2.24) is 4.72 Å². The van der Waals surface area contributed by atoms with E-state index in [1.807, 2.05) is 0 Å². The van der Waals surface area contributed by atoms with Gasteiger partial charge in [-0.05, 0) is 54.6 Å². The molecule has 0 saturated carbocycles. The van der Waals surface area contributed by atoms with Crippen LogP contribution in [0.15, 0.2) is 47.5 Å². The normalized spacial score (nSPS) is 13.0. The molecule has 0 aliphatic rings. The number of sulfonamides is 1. The molecule has 2 aromatic rings. The highest BCUT2D eigenvalue weighted by atomic mass is 32.2. The fourth-order valence-corrected chi connectivity index (χ4v) is 3.28. The maximum atomic E-state index is 13.8. The number of anilines is 1. The Balaban J connectivity index is 2.49. The highest BCUT2D eigenvalue weighted by molar-refractivity contribution is 7.89. The molecule has 0 fully saturated rings. The third-order valence-corrected chi connectivity index (χ3v) is 5.65. The van der Waals surface area contributed by atoms with Crippen LogP contribution in [0.25, 0.3) is 16.8 Å². The number of alkyl halides is 3. The van der Waals surface area contributed by atoms with Crippen molar-refractivity contribution in [2.45, 2.75) is 6.18 Å². The first-order valence-electron chi connectivity index (χ1n) is 9.02. The smallest absolute Gasteiger partial charge is 0.398 e. The fraction of sp³-hybridized carbons (Fsp3) is 0.250. The summed E-state index contributed by atoms with van der Waals surface area (Å²) in [6.07, 6.45) is -1.78. The van der Waals surface area contributed by atoms with Crippen LogP contribution in [0.5, 0.6) is 0 Å². The molecule has 0 aromatic heterocycles. The third kappa shape index (κ3) is 6.79. The van der Waals surface area contributed by atoms with E-state index in [0.29, 0.717) is 22.9 Å². The van der Waals surface area contributed by atoms with E-state index in [1.165, 1.54) is 38.5 Å². The Morgan fingerprint density at radius 3 is 2.48 bits per heavy atom. The first-order valence-corrected chi connectivity index (χ1v) is 10.7. The summed E-state index contributed by atoms with van der Waals surface area (Å²) >= 11 is 0.